The van der Waals surface area contributed by atoms with Gasteiger partial charge in [0.2, 0.25) is 5.91 Å². The molecule has 1 atom stereocenters. The maximum Gasteiger partial charge on any atom is 0.230 e. The Labute approximate surface area is 143 Å². The molecule has 4 rings (SSSR count). The fourth-order valence-electron chi connectivity index (χ4n) is 3.91. The molecule has 0 N–H and O–H groups in total. The number of aryl methyl sites for hydroxylation is 1. The van der Waals surface area contributed by atoms with Gasteiger partial charge in [0, 0.05) is 45.1 Å². The van der Waals surface area contributed by atoms with E-state index in [1.807, 2.05) is 12.3 Å². The first kappa shape index (κ1) is 15.3. The summed E-state index contributed by atoms with van der Waals surface area (Å²) >= 11 is 0. The van der Waals surface area contributed by atoms with Crippen LogP contribution in [0.2, 0.25) is 0 Å². The lowest BCUT2D eigenvalue weighted by molar-refractivity contribution is -0.134. The van der Waals surface area contributed by atoms with Crippen LogP contribution in [0.4, 0.5) is 0 Å². The van der Waals surface area contributed by atoms with Crippen LogP contribution < -0.4 is 0 Å². The second-order valence-electron chi connectivity index (χ2n) is 6.75. The Hall–Kier alpha value is -2.20. The molecule has 1 fully saturated rings. The number of hydrogen-bond acceptors (Lipinski definition) is 3. The average Bonchev–Trinajstić information content (AvgIpc) is 3.07. The van der Waals surface area contributed by atoms with E-state index < -0.39 is 0 Å². The monoisotopic (exact) mass is 321 g/mol. The highest BCUT2D eigenvalue weighted by Gasteiger charge is 2.32. The van der Waals surface area contributed by atoms with Crippen LogP contribution in [0.1, 0.15) is 29.0 Å². The fourth-order valence-corrected chi connectivity index (χ4v) is 3.91. The average molecular weight is 321 g/mol. The molecule has 2 aliphatic rings. The van der Waals surface area contributed by atoms with E-state index in [1.54, 1.807) is 6.20 Å². The Bertz CT molecular complexity index is 708. The quantitative estimate of drug-likeness (QED) is 0.871. The molecule has 1 aliphatic carbocycles. The highest BCUT2D eigenvalue weighted by molar-refractivity contribution is 5.85. The second-order valence-corrected chi connectivity index (χ2v) is 6.75. The molecule has 4 heteroatoms. The van der Waals surface area contributed by atoms with E-state index in [0.29, 0.717) is 5.91 Å². The van der Waals surface area contributed by atoms with Gasteiger partial charge in [-0.1, -0.05) is 30.3 Å². The summed E-state index contributed by atoms with van der Waals surface area (Å²) in [6, 6.07) is 12.5. The van der Waals surface area contributed by atoms with Crippen molar-refractivity contribution in [2.45, 2.75) is 25.3 Å². The topological polar surface area (TPSA) is 36.4 Å². The SMILES string of the molecule is O=C([C@H]1CCc2ccccc21)N1CCN(Cc2cccnc2)CC1. The third kappa shape index (κ3) is 3.06. The van der Waals surface area contributed by atoms with Gasteiger partial charge in [-0.15, -0.1) is 0 Å². The zero-order chi connectivity index (χ0) is 16.4. The van der Waals surface area contributed by atoms with Gasteiger partial charge in [-0.25, -0.2) is 0 Å². The molecule has 1 amide bonds. The molecule has 1 aromatic carbocycles. The van der Waals surface area contributed by atoms with Crippen LogP contribution in [0.25, 0.3) is 0 Å². The van der Waals surface area contributed by atoms with Gasteiger partial charge in [0.15, 0.2) is 0 Å². The van der Waals surface area contributed by atoms with E-state index in [2.05, 4.69) is 45.1 Å². The van der Waals surface area contributed by atoms with Crippen molar-refractivity contribution in [3.05, 3.63) is 65.5 Å². The van der Waals surface area contributed by atoms with Crippen molar-refractivity contribution in [3.8, 4) is 0 Å². The summed E-state index contributed by atoms with van der Waals surface area (Å²) in [4.78, 5) is 21.6. The number of nitrogens with zero attached hydrogens (tertiary/aromatic N) is 3. The number of aromatic nitrogens is 1. The molecule has 0 bridgehead atoms. The van der Waals surface area contributed by atoms with Gasteiger partial charge in [0.1, 0.15) is 0 Å². The molecule has 0 saturated carbocycles. The number of fused-ring (bicyclic) bond motifs is 1. The zero-order valence-corrected chi connectivity index (χ0v) is 13.9. The van der Waals surface area contributed by atoms with E-state index in [1.165, 1.54) is 16.7 Å². The summed E-state index contributed by atoms with van der Waals surface area (Å²) in [5, 5.41) is 0. The number of piperazine rings is 1. The number of benzene rings is 1. The predicted molar refractivity (Wildman–Crippen MR) is 93.6 cm³/mol. The molecular weight excluding hydrogens is 298 g/mol. The molecule has 0 radical (unpaired) electrons. The van der Waals surface area contributed by atoms with E-state index >= 15 is 0 Å². The largest absolute Gasteiger partial charge is 0.340 e. The first-order valence-electron chi connectivity index (χ1n) is 8.79. The summed E-state index contributed by atoms with van der Waals surface area (Å²) in [6.45, 7) is 4.46. The summed E-state index contributed by atoms with van der Waals surface area (Å²) in [7, 11) is 0. The number of carbonyl (C=O) groups excluding carboxylic acids is 1. The minimum absolute atomic E-state index is 0.0751. The van der Waals surface area contributed by atoms with Gasteiger partial charge in [0.05, 0.1) is 5.92 Å². The maximum atomic E-state index is 12.9. The Balaban J connectivity index is 1.35. The Morgan fingerprint density at radius 2 is 1.92 bits per heavy atom. The van der Waals surface area contributed by atoms with Crippen molar-refractivity contribution < 1.29 is 4.79 Å². The standard InChI is InChI=1S/C20H23N3O/c24-20(19-8-7-17-5-1-2-6-18(17)19)23-12-10-22(11-13-23)15-16-4-3-9-21-14-16/h1-6,9,14,19H,7-8,10-13,15H2/t19-/m0/s1. The van der Waals surface area contributed by atoms with Crippen LogP contribution in [-0.4, -0.2) is 46.9 Å². The third-order valence-electron chi connectivity index (χ3n) is 5.24. The molecular formula is C20H23N3O. The van der Waals surface area contributed by atoms with Gasteiger partial charge in [-0.05, 0) is 35.6 Å². The highest BCUT2D eigenvalue weighted by Crippen LogP contribution is 2.34. The van der Waals surface area contributed by atoms with Crippen molar-refractivity contribution in [1.29, 1.82) is 0 Å². The van der Waals surface area contributed by atoms with Gasteiger partial charge in [-0.2, -0.15) is 0 Å². The molecule has 124 valence electrons. The molecule has 4 nitrogen and oxygen atoms in total. The molecule has 0 unspecified atom stereocenters. The summed E-state index contributed by atoms with van der Waals surface area (Å²) in [5.74, 6) is 0.395. The fraction of sp³-hybridized carbons (Fsp3) is 0.400. The van der Waals surface area contributed by atoms with Crippen LogP contribution in [0.15, 0.2) is 48.8 Å². The highest BCUT2D eigenvalue weighted by atomic mass is 16.2. The van der Waals surface area contributed by atoms with Gasteiger partial charge >= 0.3 is 0 Å². The van der Waals surface area contributed by atoms with Crippen LogP contribution in [0, 0.1) is 0 Å². The Kier molecular flexibility index (Phi) is 4.30. The second kappa shape index (κ2) is 6.73. The summed E-state index contributed by atoms with van der Waals surface area (Å²) < 4.78 is 0. The van der Waals surface area contributed by atoms with E-state index in [0.717, 1.165) is 45.6 Å². The zero-order valence-electron chi connectivity index (χ0n) is 13.9. The lowest BCUT2D eigenvalue weighted by Gasteiger charge is -2.36. The summed E-state index contributed by atoms with van der Waals surface area (Å²) in [5.41, 5.74) is 3.84. The minimum atomic E-state index is 0.0751. The van der Waals surface area contributed by atoms with Crippen molar-refractivity contribution in [2.75, 3.05) is 26.2 Å². The predicted octanol–water partition coefficient (Wildman–Crippen LogP) is 2.46. The van der Waals surface area contributed by atoms with Crippen molar-refractivity contribution in [3.63, 3.8) is 0 Å². The van der Waals surface area contributed by atoms with E-state index in [-0.39, 0.29) is 5.92 Å². The van der Waals surface area contributed by atoms with Crippen LogP contribution in [0.3, 0.4) is 0 Å². The van der Waals surface area contributed by atoms with Crippen molar-refractivity contribution >= 4 is 5.91 Å². The summed E-state index contributed by atoms with van der Waals surface area (Å²) in [6.07, 6.45) is 5.73. The molecule has 1 aromatic heterocycles. The van der Waals surface area contributed by atoms with Crippen LogP contribution in [-0.2, 0) is 17.8 Å². The lowest BCUT2D eigenvalue weighted by atomic mass is 9.99. The number of carbonyl (C=O) groups is 1. The molecule has 2 heterocycles. The molecule has 0 spiro atoms. The number of rotatable bonds is 3. The maximum absolute atomic E-state index is 12.9. The van der Waals surface area contributed by atoms with Crippen LogP contribution in [0.5, 0.6) is 0 Å². The van der Waals surface area contributed by atoms with Gasteiger partial charge in [-0.3, -0.25) is 14.7 Å². The van der Waals surface area contributed by atoms with Crippen molar-refractivity contribution in [1.82, 2.24) is 14.8 Å². The normalized spacial score (nSPS) is 20.8. The number of pyridine rings is 1. The third-order valence-corrected chi connectivity index (χ3v) is 5.24. The van der Waals surface area contributed by atoms with Crippen molar-refractivity contribution in [2.24, 2.45) is 0 Å². The molecule has 24 heavy (non-hydrogen) atoms. The Morgan fingerprint density at radius 3 is 2.71 bits per heavy atom. The van der Waals surface area contributed by atoms with E-state index in [4.69, 9.17) is 0 Å². The molecule has 1 aliphatic heterocycles. The van der Waals surface area contributed by atoms with Crippen LogP contribution >= 0.6 is 0 Å². The first-order chi connectivity index (χ1) is 11.8. The molecule has 2 aromatic rings. The molecule has 1 saturated heterocycles. The number of amides is 1. The van der Waals surface area contributed by atoms with E-state index in [9.17, 15) is 4.79 Å². The number of hydrogen-bond donors (Lipinski definition) is 0. The minimum Gasteiger partial charge on any atom is -0.340 e. The Morgan fingerprint density at radius 1 is 1.08 bits per heavy atom. The smallest absolute Gasteiger partial charge is 0.230 e. The first-order valence-corrected chi connectivity index (χ1v) is 8.79. The van der Waals surface area contributed by atoms with Gasteiger partial charge < -0.3 is 4.90 Å². The van der Waals surface area contributed by atoms with Gasteiger partial charge in [0.25, 0.3) is 0 Å². The lowest BCUT2D eigenvalue weighted by Crippen LogP contribution is -2.49.